The van der Waals surface area contributed by atoms with Gasteiger partial charge in [-0.1, -0.05) is 12.1 Å². The van der Waals surface area contributed by atoms with Gasteiger partial charge in [0.1, 0.15) is 11.3 Å². The Labute approximate surface area is 146 Å². The molecule has 1 saturated carbocycles. The normalized spacial score (nSPS) is 27.1. The van der Waals surface area contributed by atoms with E-state index in [0.29, 0.717) is 11.8 Å². The number of amides is 1. The van der Waals surface area contributed by atoms with E-state index < -0.39 is 5.54 Å². The number of hydrogen-bond acceptors (Lipinski definition) is 4. The summed E-state index contributed by atoms with van der Waals surface area (Å²) in [6.45, 7) is 6.75. The lowest BCUT2D eigenvalue weighted by atomic mass is 9.95. The largest absolute Gasteiger partial charge is 0.491 e. The third-order valence-electron chi connectivity index (χ3n) is 6.08. The molecule has 2 aromatic rings. The van der Waals surface area contributed by atoms with E-state index in [-0.39, 0.29) is 11.8 Å². The van der Waals surface area contributed by atoms with E-state index in [1.54, 1.807) is 0 Å². The number of aryl methyl sites for hydroxylation is 1. The van der Waals surface area contributed by atoms with Crippen molar-refractivity contribution in [2.45, 2.75) is 25.8 Å². The van der Waals surface area contributed by atoms with E-state index in [1.165, 1.54) is 5.56 Å². The Morgan fingerprint density at radius 1 is 1.36 bits per heavy atom. The van der Waals surface area contributed by atoms with E-state index in [0.717, 1.165) is 48.5 Å². The maximum Gasteiger partial charge on any atom is 0.224 e. The summed E-state index contributed by atoms with van der Waals surface area (Å²) in [6, 6.07) is 4.25. The van der Waals surface area contributed by atoms with Crippen LogP contribution >= 0.6 is 0 Å². The number of hydrogen-bond donors (Lipinski definition) is 2. The predicted octanol–water partition coefficient (Wildman–Crippen LogP) is 1.32. The molecule has 1 saturated heterocycles. The molecule has 3 aliphatic rings. The predicted molar refractivity (Wildman–Crippen MR) is 94.4 cm³/mol. The molecule has 6 heteroatoms. The molecular formula is C19H24N4O2. The van der Waals surface area contributed by atoms with E-state index in [4.69, 9.17) is 9.84 Å². The third kappa shape index (κ3) is 2.13. The zero-order chi connectivity index (χ0) is 17.3. The van der Waals surface area contributed by atoms with Crippen LogP contribution in [0.2, 0.25) is 0 Å². The van der Waals surface area contributed by atoms with Crippen LogP contribution in [-0.2, 0) is 23.8 Å². The topological polar surface area (TPSA) is 68.2 Å². The van der Waals surface area contributed by atoms with E-state index in [2.05, 4.69) is 22.8 Å². The molecule has 0 radical (unpaired) electrons. The van der Waals surface area contributed by atoms with Gasteiger partial charge in [0.2, 0.25) is 5.91 Å². The highest BCUT2D eigenvalue weighted by atomic mass is 16.5. The number of fused-ring (bicyclic) bond motifs is 4. The van der Waals surface area contributed by atoms with Gasteiger partial charge < -0.3 is 15.4 Å². The SMILES string of the molecule is Cn1nc(C(C)(C)NC(=O)[C@H]2[C@@H]3CNC[C@@H]32)c2ccc3c(c21)OCC3. The number of ether oxygens (including phenoxy) is 1. The number of rotatable bonds is 3. The average Bonchev–Trinajstić information content (AvgIpc) is 2.98. The standard InChI is InChI=1S/C19H24N4O2/c1-19(2,21-18(24)14-12-8-20-9-13(12)14)17-11-5-4-10-6-7-25-16(10)15(11)23(3)22-17/h4-5,12-14,20H,6-9H2,1-3H3,(H,21,24)/t12-,13+,14+. The van der Waals surface area contributed by atoms with Crippen LogP contribution in [0.15, 0.2) is 12.1 Å². The molecule has 132 valence electrons. The number of carbonyl (C=O) groups is 1. The van der Waals surface area contributed by atoms with Gasteiger partial charge in [0.25, 0.3) is 0 Å². The monoisotopic (exact) mass is 340 g/mol. The highest BCUT2D eigenvalue weighted by Crippen LogP contribution is 2.49. The Hall–Kier alpha value is -2.08. The summed E-state index contributed by atoms with van der Waals surface area (Å²) in [6.07, 6.45) is 0.949. The number of nitrogens with zero attached hydrogens (tertiary/aromatic N) is 2. The summed E-state index contributed by atoms with van der Waals surface area (Å²) < 4.78 is 7.73. The Bertz CT molecular complexity index is 875. The third-order valence-corrected chi connectivity index (χ3v) is 6.08. The van der Waals surface area contributed by atoms with Crippen LogP contribution < -0.4 is 15.4 Å². The summed E-state index contributed by atoms with van der Waals surface area (Å²) >= 11 is 0. The van der Waals surface area contributed by atoms with Crippen LogP contribution in [0.1, 0.15) is 25.1 Å². The summed E-state index contributed by atoms with van der Waals surface area (Å²) in [7, 11) is 1.95. The van der Waals surface area contributed by atoms with Gasteiger partial charge in [-0.3, -0.25) is 9.48 Å². The first-order valence-electron chi connectivity index (χ1n) is 9.12. The van der Waals surface area contributed by atoms with Crippen molar-refractivity contribution in [3.63, 3.8) is 0 Å². The summed E-state index contributed by atoms with van der Waals surface area (Å²) in [4.78, 5) is 12.7. The molecule has 1 aromatic heterocycles. The molecule has 2 aliphatic heterocycles. The first-order chi connectivity index (χ1) is 12.0. The van der Waals surface area contributed by atoms with Crippen LogP contribution in [0.4, 0.5) is 0 Å². The number of carbonyl (C=O) groups excluding carboxylic acids is 1. The first kappa shape index (κ1) is 15.2. The van der Waals surface area contributed by atoms with Gasteiger partial charge in [0.15, 0.2) is 0 Å². The maximum absolute atomic E-state index is 12.7. The van der Waals surface area contributed by atoms with E-state index >= 15 is 0 Å². The van der Waals surface area contributed by atoms with Crippen LogP contribution in [0, 0.1) is 17.8 Å². The summed E-state index contributed by atoms with van der Waals surface area (Å²) in [5.41, 5.74) is 2.65. The second-order valence-corrected chi connectivity index (χ2v) is 8.15. The van der Waals surface area contributed by atoms with Gasteiger partial charge in [-0.15, -0.1) is 0 Å². The van der Waals surface area contributed by atoms with Gasteiger partial charge in [0, 0.05) is 24.8 Å². The van der Waals surface area contributed by atoms with Gasteiger partial charge in [-0.2, -0.15) is 5.10 Å². The van der Waals surface area contributed by atoms with Crippen molar-refractivity contribution in [2.75, 3.05) is 19.7 Å². The fraction of sp³-hybridized carbons (Fsp3) is 0.579. The molecule has 25 heavy (non-hydrogen) atoms. The number of aromatic nitrogens is 2. The lowest BCUT2D eigenvalue weighted by Crippen LogP contribution is -2.43. The van der Waals surface area contributed by atoms with Crippen molar-refractivity contribution < 1.29 is 9.53 Å². The Morgan fingerprint density at radius 3 is 2.88 bits per heavy atom. The molecule has 0 bridgehead atoms. The van der Waals surface area contributed by atoms with Crippen molar-refractivity contribution in [3.8, 4) is 5.75 Å². The quantitative estimate of drug-likeness (QED) is 0.884. The van der Waals surface area contributed by atoms with Crippen molar-refractivity contribution in [1.82, 2.24) is 20.4 Å². The minimum absolute atomic E-state index is 0.165. The lowest BCUT2D eigenvalue weighted by Gasteiger charge is -2.25. The second kappa shape index (κ2) is 4.97. The van der Waals surface area contributed by atoms with Crippen molar-refractivity contribution >= 4 is 16.8 Å². The molecule has 0 unspecified atom stereocenters. The number of benzene rings is 1. The fourth-order valence-electron chi connectivity index (χ4n) is 4.72. The van der Waals surface area contributed by atoms with Gasteiger partial charge >= 0.3 is 0 Å². The molecule has 2 fully saturated rings. The summed E-state index contributed by atoms with van der Waals surface area (Å²) in [5.74, 6) is 2.32. The molecule has 6 nitrogen and oxygen atoms in total. The van der Waals surface area contributed by atoms with E-state index in [1.807, 2.05) is 25.6 Å². The zero-order valence-electron chi connectivity index (χ0n) is 14.9. The molecule has 1 amide bonds. The minimum Gasteiger partial charge on any atom is -0.491 e. The zero-order valence-corrected chi connectivity index (χ0v) is 14.9. The van der Waals surface area contributed by atoms with Crippen LogP contribution in [0.5, 0.6) is 5.75 Å². The van der Waals surface area contributed by atoms with Crippen molar-refractivity contribution in [3.05, 3.63) is 23.4 Å². The highest BCUT2D eigenvalue weighted by molar-refractivity contribution is 5.91. The first-order valence-corrected chi connectivity index (χ1v) is 9.12. The van der Waals surface area contributed by atoms with Gasteiger partial charge in [-0.25, -0.2) is 0 Å². The maximum atomic E-state index is 12.7. The molecule has 1 aromatic carbocycles. The Morgan fingerprint density at radius 2 is 2.12 bits per heavy atom. The molecule has 3 atom stereocenters. The minimum atomic E-state index is -0.520. The lowest BCUT2D eigenvalue weighted by molar-refractivity contribution is -0.124. The molecule has 0 spiro atoms. The second-order valence-electron chi connectivity index (χ2n) is 8.15. The fourth-order valence-corrected chi connectivity index (χ4v) is 4.72. The highest BCUT2D eigenvalue weighted by Gasteiger charge is 2.57. The average molecular weight is 340 g/mol. The van der Waals surface area contributed by atoms with Crippen LogP contribution in [-0.4, -0.2) is 35.4 Å². The summed E-state index contributed by atoms with van der Waals surface area (Å²) in [5, 5.41) is 12.4. The molecule has 3 heterocycles. The Balaban J connectivity index is 1.48. The van der Waals surface area contributed by atoms with Crippen molar-refractivity contribution in [1.29, 1.82) is 0 Å². The molecule has 2 N–H and O–H groups in total. The van der Waals surface area contributed by atoms with Gasteiger partial charge in [-0.05, 0) is 44.3 Å². The number of nitrogens with one attached hydrogen (secondary N) is 2. The number of piperidine rings is 1. The van der Waals surface area contributed by atoms with Crippen LogP contribution in [0.3, 0.4) is 0 Å². The molecule has 5 rings (SSSR count). The van der Waals surface area contributed by atoms with Crippen molar-refractivity contribution in [2.24, 2.45) is 24.8 Å². The molecular weight excluding hydrogens is 316 g/mol. The Kier molecular flexibility index (Phi) is 3.02. The smallest absolute Gasteiger partial charge is 0.224 e. The van der Waals surface area contributed by atoms with E-state index in [9.17, 15) is 4.79 Å². The van der Waals surface area contributed by atoms with Crippen LogP contribution in [0.25, 0.3) is 10.9 Å². The van der Waals surface area contributed by atoms with Gasteiger partial charge in [0.05, 0.1) is 17.8 Å². The molecule has 1 aliphatic carbocycles.